The van der Waals surface area contributed by atoms with Gasteiger partial charge in [0.25, 0.3) is 5.56 Å². The van der Waals surface area contributed by atoms with Gasteiger partial charge < -0.3 is 29.0 Å². The van der Waals surface area contributed by atoms with Crippen molar-refractivity contribution in [3.8, 4) is 0 Å². The van der Waals surface area contributed by atoms with Crippen LogP contribution in [0.2, 0.25) is 0 Å². The summed E-state index contributed by atoms with van der Waals surface area (Å²) in [5, 5.41) is 3.51. The number of azide groups is 1. The van der Waals surface area contributed by atoms with Crippen molar-refractivity contribution >= 4 is 23.5 Å². The van der Waals surface area contributed by atoms with Crippen LogP contribution in [0.5, 0.6) is 0 Å². The minimum atomic E-state index is -5.76. The predicted molar refractivity (Wildman–Crippen MR) is 101 cm³/mol. The summed E-state index contributed by atoms with van der Waals surface area (Å²) in [7, 11) is -16.9. The zero-order valence-corrected chi connectivity index (χ0v) is 18.9. The molecule has 0 amide bonds. The molecule has 1 aromatic rings. The molecule has 1 aromatic heterocycles. The zero-order valence-electron chi connectivity index (χ0n) is 16.2. The van der Waals surface area contributed by atoms with E-state index in [0.29, 0.717) is 0 Å². The van der Waals surface area contributed by atoms with Gasteiger partial charge in [-0.3, -0.25) is 18.9 Å². The first kappa shape index (κ1) is 25.9. The number of aryl methyl sites for hydroxylation is 1. The van der Waals surface area contributed by atoms with Crippen LogP contribution in [0.4, 0.5) is 0 Å². The topological polar surface area (TPSA) is 282 Å². The molecule has 0 spiro atoms. The van der Waals surface area contributed by atoms with Crippen molar-refractivity contribution in [1.29, 1.82) is 0 Å². The number of phosphoric acid groups is 3. The highest BCUT2D eigenvalue weighted by Crippen LogP contribution is 2.66. The second-order valence-electron chi connectivity index (χ2n) is 6.84. The number of aromatic amines is 1. The Morgan fingerprint density at radius 3 is 2.55 bits per heavy atom. The summed E-state index contributed by atoms with van der Waals surface area (Å²) in [5.41, 5.74) is 5.67. The Bertz CT molecular complexity index is 1250. The molecule has 0 aliphatic carbocycles. The quantitative estimate of drug-likeness (QED) is 0.116. The molecule has 2 saturated heterocycles. The van der Waals surface area contributed by atoms with Gasteiger partial charge in [0.05, 0.1) is 13.2 Å². The van der Waals surface area contributed by atoms with Crippen LogP contribution in [0.25, 0.3) is 10.4 Å². The van der Waals surface area contributed by atoms with Crippen LogP contribution >= 0.6 is 23.5 Å². The van der Waals surface area contributed by atoms with Crippen LogP contribution in [-0.4, -0.2) is 60.1 Å². The van der Waals surface area contributed by atoms with Crippen molar-refractivity contribution in [2.75, 3.05) is 13.2 Å². The van der Waals surface area contributed by atoms with Gasteiger partial charge in [-0.25, -0.2) is 18.5 Å². The van der Waals surface area contributed by atoms with E-state index in [1.54, 1.807) is 0 Å². The third kappa shape index (κ3) is 5.70. The van der Waals surface area contributed by atoms with E-state index in [1.165, 1.54) is 6.92 Å². The average molecular weight is 535 g/mol. The number of hydrogen-bond acceptors (Lipinski definition) is 11. The van der Waals surface area contributed by atoms with E-state index in [9.17, 15) is 33.1 Å². The first-order valence-corrected chi connectivity index (χ1v) is 13.0. The number of aromatic nitrogens is 2. The SMILES string of the molecule is Cc1cn([C@@H]2O[C@@]3(COP(=O)(O)OP(=O)(O)OP(=O)(O)O)CO[C@@H]2[C@@H]3N=[N+]=[N-])c(=O)[nH]c1=O. The first-order chi connectivity index (χ1) is 15.1. The van der Waals surface area contributed by atoms with E-state index < -0.39 is 65.3 Å². The molecule has 2 aliphatic rings. The maximum absolute atomic E-state index is 12.2. The van der Waals surface area contributed by atoms with Gasteiger partial charge in [0.2, 0.25) is 0 Å². The first-order valence-electron chi connectivity index (χ1n) is 8.52. The monoisotopic (exact) mass is 535 g/mol. The summed E-state index contributed by atoms with van der Waals surface area (Å²) in [6.45, 7) is 0.0497. The van der Waals surface area contributed by atoms with Crippen LogP contribution in [0.3, 0.4) is 0 Å². The third-order valence-corrected chi connectivity index (χ3v) is 8.27. The predicted octanol–water partition coefficient (Wildman–Crippen LogP) is -0.466. The van der Waals surface area contributed by atoms with Gasteiger partial charge in [0, 0.05) is 16.7 Å². The van der Waals surface area contributed by atoms with Gasteiger partial charge in [-0.1, -0.05) is 5.11 Å². The third-order valence-electron chi connectivity index (χ3n) is 4.49. The van der Waals surface area contributed by atoms with Gasteiger partial charge in [-0.05, 0) is 12.5 Å². The van der Waals surface area contributed by atoms with Gasteiger partial charge in [0.1, 0.15) is 17.7 Å². The molecule has 184 valence electrons. The zero-order chi connectivity index (χ0) is 24.8. The largest absolute Gasteiger partial charge is 0.490 e. The van der Waals surface area contributed by atoms with E-state index in [0.717, 1.165) is 10.8 Å². The molecule has 0 radical (unpaired) electrons. The highest BCUT2D eigenvalue weighted by Gasteiger charge is 2.63. The number of ether oxygens (including phenoxy) is 2. The molecule has 6 atom stereocenters. The molecule has 2 aliphatic heterocycles. The van der Waals surface area contributed by atoms with Crippen LogP contribution in [0.15, 0.2) is 20.9 Å². The molecule has 0 aromatic carbocycles. The van der Waals surface area contributed by atoms with Crippen LogP contribution in [0.1, 0.15) is 11.8 Å². The van der Waals surface area contributed by atoms with Gasteiger partial charge in [0.15, 0.2) is 6.23 Å². The maximum atomic E-state index is 12.2. The summed E-state index contributed by atoms with van der Waals surface area (Å²) in [6, 6.07) is -1.24. The van der Waals surface area contributed by atoms with Gasteiger partial charge in [-0.15, -0.1) is 0 Å². The Morgan fingerprint density at radius 2 is 1.94 bits per heavy atom. The molecule has 19 nitrogen and oxygen atoms in total. The van der Waals surface area contributed by atoms with Crippen molar-refractivity contribution in [1.82, 2.24) is 9.55 Å². The second kappa shape index (κ2) is 8.83. The van der Waals surface area contributed by atoms with Crippen molar-refractivity contribution in [3.05, 3.63) is 43.0 Å². The smallest absolute Gasteiger partial charge is 0.370 e. The summed E-state index contributed by atoms with van der Waals surface area (Å²) in [5.74, 6) is 0. The number of nitrogens with zero attached hydrogens (tertiary/aromatic N) is 4. The average Bonchev–Trinajstić information content (AvgIpc) is 3.13. The van der Waals surface area contributed by atoms with Crippen LogP contribution in [-0.2, 0) is 36.3 Å². The highest BCUT2D eigenvalue weighted by molar-refractivity contribution is 7.66. The summed E-state index contributed by atoms with van der Waals surface area (Å²) >= 11 is 0. The number of phosphoric ester groups is 1. The van der Waals surface area contributed by atoms with Crippen LogP contribution < -0.4 is 11.2 Å². The minimum absolute atomic E-state index is 0.128. The standard InChI is InChI=1S/C11H16N5O14P3/c1-5-2-16(10(18)13-8(5)17)9-6-7(14-15-12)11(28-9,3-26-6)4-27-32(22,23)30-33(24,25)29-31(19,20)21/h2,6-7,9H,3-4H2,1H3,(H,22,23)(H,24,25)(H,13,17,18)(H2,19,20,21)/t6-,7+,9-,11-/m1/s1. The number of hydrogen-bond donors (Lipinski definition) is 5. The lowest BCUT2D eigenvalue weighted by atomic mass is 9.98. The lowest BCUT2D eigenvalue weighted by Crippen LogP contribution is -2.45. The van der Waals surface area contributed by atoms with E-state index in [-0.39, 0.29) is 12.2 Å². The Labute approximate surface area is 181 Å². The van der Waals surface area contributed by atoms with Crippen molar-refractivity contribution < 1.29 is 55.9 Å². The second-order valence-corrected chi connectivity index (χ2v) is 11.3. The number of rotatable bonds is 9. The maximum Gasteiger partial charge on any atom is 0.490 e. The molecule has 3 heterocycles. The van der Waals surface area contributed by atoms with E-state index in [4.69, 9.17) is 24.8 Å². The number of nitrogens with one attached hydrogen (secondary N) is 1. The summed E-state index contributed by atoms with van der Waals surface area (Å²) in [4.78, 5) is 64.5. The Hall–Kier alpha value is -1.68. The molecule has 3 rings (SSSR count). The van der Waals surface area contributed by atoms with E-state index in [2.05, 4.69) is 23.2 Å². The molecule has 2 bridgehead atoms. The summed E-state index contributed by atoms with van der Waals surface area (Å²) in [6.07, 6.45) is -1.23. The summed E-state index contributed by atoms with van der Waals surface area (Å²) < 4.78 is 58.2. The minimum Gasteiger partial charge on any atom is -0.370 e. The Balaban J connectivity index is 1.84. The van der Waals surface area contributed by atoms with Gasteiger partial charge >= 0.3 is 29.2 Å². The molecule has 22 heteroatoms. The number of H-pyrrole nitrogens is 1. The lowest BCUT2D eigenvalue weighted by Gasteiger charge is -2.31. The highest BCUT2D eigenvalue weighted by atomic mass is 31.3. The fraction of sp³-hybridized carbons (Fsp3) is 0.636. The fourth-order valence-corrected chi connectivity index (χ4v) is 6.31. The Morgan fingerprint density at radius 1 is 1.27 bits per heavy atom. The number of fused-ring (bicyclic) bond motifs is 2. The van der Waals surface area contributed by atoms with Crippen LogP contribution in [0, 0.1) is 6.92 Å². The molecule has 2 fully saturated rings. The Kier molecular flexibility index (Phi) is 6.94. The van der Waals surface area contributed by atoms with E-state index in [1.807, 2.05) is 4.98 Å². The molecular formula is C11H16N5O14P3. The van der Waals surface area contributed by atoms with Gasteiger partial charge in [-0.2, -0.15) is 8.62 Å². The normalized spacial score (nSPS) is 30.4. The molecular weight excluding hydrogens is 519 g/mol. The fourth-order valence-electron chi connectivity index (χ4n) is 3.23. The lowest BCUT2D eigenvalue weighted by molar-refractivity contribution is -0.183. The molecule has 33 heavy (non-hydrogen) atoms. The van der Waals surface area contributed by atoms with Crippen molar-refractivity contribution in [2.24, 2.45) is 5.11 Å². The molecule has 0 saturated carbocycles. The van der Waals surface area contributed by atoms with Crippen molar-refractivity contribution in [2.45, 2.75) is 30.9 Å². The molecule has 5 N–H and O–H groups in total. The van der Waals surface area contributed by atoms with Crippen molar-refractivity contribution in [3.63, 3.8) is 0 Å². The molecule has 2 unspecified atom stereocenters. The van der Waals surface area contributed by atoms with E-state index >= 15 is 0 Å².